The molecule has 156 valence electrons. The second kappa shape index (κ2) is 8.88. The van der Waals surface area contributed by atoms with Gasteiger partial charge in [-0.1, -0.05) is 65.7 Å². The molecule has 0 aliphatic carbocycles. The van der Waals surface area contributed by atoms with Crippen LogP contribution >= 0.6 is 0 Å². The van der Waals surface area contributed by atoms with Gasteiger partial charge in [0, 0.05) is 17.2 Å². The molecule has 1 aliphatic heterocycles. The monoisotopic (exact) mass is 414 g/mol. The minimum absolute atomic E-state index is 0.184. The Balaban J connectivity index is 1.55. The summed E-state index contributed by atoms with van der Waals surface area (Å²) in [5.41, 5.74) is 3.98. The summed E-state index contributed by atoms with van der Waals surface area (Å²) >= 11 is 0. The van der Waals surface area contributed by atoms with E-state index in [4.69, 9.17) is 14.2 Å². The van der Waals surface area contributed by atoms with Gasteiger partial charge < -0.3 is 14.2 Å². The van der Waals surface area contributed by atoms with Gasteiger partial charge in [-0.15, -0.1) is 0 Å². The molecule has 5 heteroatoms. The average molecular weight is 414 g/mol. The highest BCUT2D eigenvalue weighted by molar-refractivity contribution is 6.01. The normalized spacial score (nSPS) is 13.2. The number of ether oxygens (including phenoxy) is 3. The predicted molar refractivity (Wildman–Crippen MR) is 117 cm³/mol. The highest BCUT2D eigenvalue weighted by Crippen LogP contribution is 2.33. The van der Waals surface area contributed by atoms with Crippen LogP contribution in [-0.4, -0.2) is 18.5 Å². The number of aryl methyl sites for hydroxylation is 2. The number of ketones is 1. The average Bonchev–Trinajstić information content (AvgIpc) is 3.25. The number of carbonyl (C=O) groups is 2. The molecule has 0 aromatic heterocycles. The Morgan fingerprint density at radius 2 is 1.52 bits per heavy atom. The van der Waals surface area contributed by atoms with Crippen molar-refractivity contribution in [2.24, 2.45) is 0 Å². The second-order valence-corrected chi connectivity index (χ2v) is 7.40. The maximum Gasteiger partial charge on any atom is 0.331 e. The van der Waals surface area contributed by atoms with Crippen LogP contribution in [-0.2, 0) is 9.53 Å². The van der Waals surface area contributed by atoms with Crippen molar-refractivity contribution in [2.75, 3.05) is 6.79 Å². The van der Waals surface area contributed by atoms with Gasteiger partial charge in [0.15, 0.2) is 17.6 Å². The van der Waals surface area contributed by atoms with E-state index < -0.39 is 12.1 Å². The van der Waals surface area contributed by atoms with Crippen molar-refractivity contribution in [3.8, 4) is 11.5 Å². The summed E-state index contributed by atoms with van der Waals surface area (Å²) < 4.78 is 16.2. The second-order valence-electron chi connectivity index (χ2n) is 7.40. The molecule has 0 amide bonds. The van der Waals surface area contributed by atoms with Gasteiger partial charge in [0.1, 0.15) is 0 Å². The van der Waals surface area contributed by atoms with Crippen molar-refractivity contribution in [1.29, 1.82) is 0 Å². The lowest BCUT2D eigenvalue weighted by Gasteiger charge is -2.17. The Hall–Kier alpha value is -3.86. The lowest BCUT2D eigenvalue weighted by molar-refractivity contribution is -0.141. The molecule has 3 aromatic carbocycles. The van der Waals surface area contributed by atoms with Crippen molar-refractivity contribution >= 4 is 17.8 Å². The van der Waals surface area contributed by atoms with Gasteiger partial charge in [-0.25, -0.2) is 4.79 Å². The summed E-state index contributed by atoms with van der Waals surface area (Å²) in [7, 11) is 0. The Morgan fingerprint density at radius 3 is 2.23 bits per heavy atom. The zero-order valence-electron chi connectivity index (χ0n) is 17.3. The van der Waals surface area contributed by atoms with Gasteiger partial charge in [0.25, 0.3) is 0 Å². The van der Waals surface area contributed by atoms with Gasteiger partial charge in [-0.3, -0.25) is 4.79 Å². The molecule has 1 atom stereocenters. The molecule has 0 radical (unpaired) electrons. The lowest BCUT2D eigenvalue weighted by Crippen LogP contribution is -2.19. The third-order valence-corrected chi connectivity index (χ3v) is 5.00. The fourth-order valence-electron chi connectivity index (χ4n) is 3.22. The van der Waals surface area contributed by atoms with Gasteiger partial charge in [-0.2, -0.15) is 0 Å². The maximum absolute atomic E-state index is 13.1. The minimum atomic E-state index is -1.03. The van der Waals surface area contributed by atoms with Gasteiger partial charge >= 0.3 is 5.97 Å². The van der Waals surface area contributed by atoms with E-state index >= 15 is 0 Å². The molecular weight excluding hydrogens is 392 g/mol. The minimum Gasteiger partial charge on any atom is -0.454 e. The Kier molecular flexibility index (Phi) is 5.85. The van der Waals surface area contributed by atoms with Crippen molar-refractivity contribution in [2.45, 2.75) is 20.0 Å². The molecule has 0 bridgehead atoms. The van der Waals surface area contributed by atoms with Crippen molar-refractivity contribution in [1.82, 2.24) is 0 Å². The molecular formula is C26H22O5. The van der Waals surface area contributed by atoms with Crippen LogP contribution in [0.15, 0.2) is 72.8 Å². The van der Waals surface area contributed by atoms with E-state index in [-0.39, 0.29) is 12.6 Å². The van der Waals surface area contributed by atoms with E-state index in [0.717, 1.165) is 16.7 Å². The molecule has 0 saturated heterocycles. The number of hydrogen-bond donors (Lipinski definition) is 0. The van der Waals surface area contributed by atoms with Crippen LogP contribution in [0.4, 0.5) is 0 Å². The number of fused-ring (bicyclic) bond motifs is 1. The van der Waals surface area contributed by atoms with Crippen LogP contribution in [0.5, 0.6) is 11.5 Å². The molecule has 5 nitrogen and oxygen atoms in total. The van der Waals surface area contributed by atoms with Crippen LogP contribution in [0, 0.1) is 13.8 Å². The van der Waals surface area contributed by atoms with Crippen LogP contribution < -0.4 is 9.47 Å². The molecule has 0 N–H and O–H groups in total. The summed E-state index contributed by atoms with van der Waals surface area (Å²) in [6.45, 7) is 4.09. The third kappa shape index (κ3) is 4.83. The number of benzene rings is 3. The van der Waals surface area contributed by atoms with E-state index in [0.29, 0.717) is 22.6 Å². The SMILES string of the molecule is Cc1ccc(C(=O)[C@H](OC(=O)/C=C/c2ccc3c(c2)OCO3)c2ccc(C)cc2)cc1. The Labute approximate surface area is 180 Å². The number of Topliss-reactive ketones (excluding diaryl/α,β-unsaturated/α-hetero) is 1. The summed E-state index contributed by atoms with van der Waals surface area (Å²) in [5.74, 6) is 0.419. The van der Waals surface area contributed by atoms with Gasteiger partial charge in [-0.05, 0) is 37.6 Å². The highest BCUT2D eigenvalue weighted by atomic mass is 16.7. The zero-order chi connectivity index (χ0) is 21.8. The fraction of sp³-hybridized carbons (Fsp3) is 0.154. The maximum atomic E-state index is 13.1. The van der Waals surface area contributed by atoms with Crippen LogP contribution in [0.25, 0.3) is 6.08 Å². The first kappa shape index (κ1) is 20.4. The molecule has 3 aromatic rings. The molecule has 0 fully saturated rings. The summed E-state index contributed by atoms with van der Waals surface area (Å²) in [5, 5.41) is 0. The first-order valence-electron chi connectivity index (χ1n) is 9.95. The van der Waals surface area contributed by atoms with Crippen molar-refractivity contribution in [3.05, 3.63) is 101 Å². The predicted octanol–water partition coefficient (Wildman–Crippen LogP) is 5.21. The number of rotatable bonds is 6. The van der Waals surface area contributed by atoms with E-state index in [1.807, 2.05) is 44.2 Å². The van der Waals surface area contributed by atoms with Crippen LogP contribution in [0.2, 0.25) is 0 Å². The fourth-order valence-corrected chi connectivity index (χ4v) is 3.22. The quantitative estimate of drug-likeness (QED) is 0.315. The number of carbonyl (C=O) groups excluding carboxylic acids is 2. The smallest absolute Gasteiger partial charge is 0.331 e. The third-order valence-electron chi connectivity index (χ3n) is 5.00. The Morgan fingerprint density at radius 1 is 0.871 bits per heavy atom. The van der Waals surface area contributed by atoms with E-state index in [1.54, 1.807) is 42.5 Å². The van der Waals surface area contributed by atoms with E-state index in [9.17, 15) is 9.59 Å². The van der Waals surface area contributed by atoms with Crippen molar-refractivity contribution in [3.63, 3.8) is 0 Å². The number of esters is 1. The van der Waals surface area contributed by atoms with Gasteiger partial charge in [0.2, 0.25) is 12.6 Å². The van der Waals surface area contributed by atoms with Crippen LogP contribution in [0.3, 0.4) is 0 Å². The molecule has 1 heterocycles. The first-order valence-corrected chi connectivity index (χ1v) is 9.95. The standard InChI is InChI=1S/C26H22O5/c1-17-3-9-20(10-4-17)25(28)26(21-11-5-18(2)6-12-21)31-24(27)14-8-19-7-13-22-23(15-19)30-16-29-22/h3-15,26H,16H2,1-2H3/b14-8+/t26-/m1/s1. The first-order chi connectivity index (χ1) is 15.0. The highest BCUT2D eigenvalue weighted by Gasteiger charge is 2.25. The molecule has 1 aliphatic rings. The van der Waals surface area contributed by atoms with E-state index in [1.165, 1.54) is 6.08 Å². The topological polar surface area (TPSA) is 61.8 Å². The van der Waals surface area contributed by atoms with Crippen LogP contribution in [0.1, 0.15) is 38.7 Å². The molecule has 0 unspecified atom stereocenters. The summed E-state index contributed by atoms with van der Waals surface area (Å²) in [4.78, 5) is 25.7. The molecule has 31 heavy (non-hydrogen) atoms. The lowest BCUT2D eigenvalue weighted by atomic mass is 9.98. The zero-order valence-corrected chi connectivity index (χ0v) is 17.3. The summed E-state index contributed by atoms with van der Waals surface area (Å²) in [6, 6.07) is 20.0. The Bertz CT molecular complexity index is 1130. The largest absolute Gasteiger partial charge is 0.454 e. The molecule has 4 rings (SSSR count). The van der Waals surface area contributed by atoms with E-state index in [2.05, 4.69) is 0 Å². The number of hydrogen-bond acceptors (Lipinski definition) is 5. The molecule has 0 saturated carbocycles. The van der Waals surface area contributed by atoms with Crippen molar-refractivity contribution < 1.29 is 23.8 Å². The summed E-state index contributed by atoms with van der Waals surface area (Å²) in [6.07, 6.45) is 1.89. The molecule has 0 spiro atoms. The van der Waals surface area contributed by atoms with Gasteiger partial charge in [0.05, 0.1) is 0 Å².